The van der Waals surface area contributed by atoms with Crippen LogP contribution in [0.3, 0.4) is 0 Å². The number of ether oxygens (including phenoxy) is 1. The summed E-state index contributed by atoms with van der Waals surface area (Å²) >= 11 is 1.50. The SMILES string of the molecule is COc1ccc(-n2c(SCc3cccc(C(=O)NCc4ccc(F)cc4)c3)nnc2-c2ccco2)cc1. The Morgan fingerprint density at radius 3 is 2.54 bits per heavy atom. The van der Waals surface area contributed by atoms with E-state index in [0.717, 1.165) is 22.6 Å². The van der Waals surface area contributed by atoms with Crippen LogP contribution < -0.4 is 10.1 Å². The van der Waals surface area contributed by atoms with Crippen molar-refractivity contribution in [1.82, 2.24) is 20.1 Å². The minimum Gasteiger partial charge on any atom is -0.497 e. The third kappa shape index (κ3) is 5.73. The highest BCUT2D eigenvalue weighted by Crippen LogP contribution is 2.30. The van der Waals surface area contributed by atoms with E-state index < -0.39 is 0 Å². The fourth-order valence-corrected chi connectivity index (χ4v) is 4.62. The monoisotopic (exact) mass is 514 g/mol. The normalized spacial score (nSPS) is 10.9. The largest absolute Gasteiger partial charge is 0.497 e. The summed E-state index contributed by atoms with van der Waals surface area (Å²) in [6.45, 7) is 0.318. The molecule has 186 valence electrons. The Morgan fingerprint density at radius 1 is 1.00 bits per heavy atom. The van der Waals surface area contributed by atoms with E-state index in [0.29, 0.717) is 34.6 Å². The quantitative estimate of drug-likeness (QED) is 0.247. The summed E-state index contributed by atoms with van der Waals surface area (Å²) in [5.74, 6) is 2.02. The minimum atomic E-state index is -0.306. The van der Waals surface area contributed by atoms with Gasteiger partial charge in [0.2, 0.25) is 5.82 Å². The first-order chi connectivity index (χ1) is 18.1. The molecule has 0 aliphatic rings. The van der Waals surface area contributed by atoms with E-state index in [9.17, 15) is 9.18 Å². The number of aromatic nitrogens is 3. The second-order valence-corrected chi connectivity index (χ2v) is 9.06. The Kier molecular flexibility index (Phi) is 7.32. The molecule has 0 saturated heterocycles. The number of thioether (sulfide) groups is 1. The number of furan rings is 1. The molecule has 37 heavy (non-hydrogen) atoms. The summed E-state index contributed by atoms with van der Waals surface area (Å²) in [6, 6.07) is 24.8. The standard InChI is InChI=1S/C28H23FN4O3S/c1-35-24-13-11-23(12-14-24)33-26(25-6-3-15-36-25)31-32-28(33)37-18-20-4-2-5-21(16-20)27(34)30-17-19-7-9-22(29)10-8-19/h2-16H,17-18H2,1H3,(H,30,34). The van der Waals surface area contributed by atoms with Gasteiger partial charge in [0, 0.05) is 17.9 Å². The van der Waals surface area contributed by atoms with Gasteiger partial charge in [-0.2, -0.15) is 0 Å². The average Bonchev–Trinajstić information content (AvgIpc) is 3.62. The molecule has 9 heteroatoms. The topological polar surface area (TPSA) is 82.2 Å². The van der Waals surface area contributed by atoms with Crippen molar-refractivity contribution in [2.24, 2.45) is 0 Å². The zero-order valence-electron chi connectivity index (χ0n) is 19.9. The van der Waals surface area contributed by atoms with Gasteiger partial charge >= 0.3 is 0 Å². The van der Waals surface area contributed by atoms with Gasteiger partial charge in [0.25, 0.3) is 5.91 Å². The molecule has 0 fully saturated rings. The van der Waals surface area contributed by atoms with Gasteiger partial charge in [0.15, 0.2) is 10.9 Å². The fourth-order valence-electron chi connectivity index (χ4n) is 3.73. The molecule has 1 amide bonds. The highest BCUT2D eigenvalue weighted by molar-refractivity contribution is 7.98. The Bertz CT molecular complexity index is 1480. The maximum absolute atomic E-state index is 13.1. The second kappa shape index (κ2) is 11.1. The Morgan fingerprint density at radius 2 is 1.81 bits per heavy atom. The third-order valence-corrected chi connectivity index (χ3v) is 6.63. The molecule has 0 spiro atoms. The smallest absolute Gasteiger partial charge is 0.251 e. The number of methoxy groups -OCH3 is 1. The number of carbonyl (C=O) groups is 1. The molecule has 2 heterocycles. The molecule has 0 radical (unpaired) electrons. The van der Waals surface area contributed by atoms with Crippen molar-refractivity contribution < 1.29 is 18.3 Å². The molecule has 0 atom stereocenters. The van der Waals surface area contributed by atoms with Gasteiger partial charge in [-0.25, -0.2) is 4.39 Å². The van der Waals surface area contributed by atoms with Crippen LogP contribution in [0.15, 0.2) is 101 Å². The van der Waals surface area contributed by atoms with Crippen LogP contribution in [0.25, 0.3) is 17.3 Å². The number of nitrogens with one attached hydrogen (secondary N) is 1. The molecule has 3 aromatic carbocycles. The van der Waals surface area contributed by atoms with E-state index in [4.69, 9.17) is 9.15 Å². The van der Waals surface area contributed by atoms with Crippen molar-refractivity contribution in [2.75, 3.05) is 7.11 Å². The van der Waals surface area contributed by atoms with Gasteiger partial charge in [0.1, 0.15) is 11.6 Å². The van der Waals surface area contributed by atoms with E-state index >= 15 is 0 Å². The van der Waals surface area contributed by atoms with E-state index in [1.165, 1.54) is 23.9 Å². The molecule has 2 aromatic heterocycles. The van der Waals surface area contributed by atoms with Crippen LogP contribution in [0, 0.1) is 5.82 Å². The van der Waals surface area contributed by atoms with Crippen LogP contribution in [0.2, 0.25) is 0 Å². The number of hydrogen-bond acceptors (Lipinski definition) is 6. The summed E-state index contributed by atoms with van der Waals surface area (Å²) in [5.41, 5.74) is 3.21. The van der Waals surface area contributed by atoms with Gasteiger partial charge in [-0.1, -0.05) is 36.0 Å². The van der Waals surface area contributed by atoms with E-state index in [1.54, 1.807) is 31.6 Å². The van der Waals surface area contributed by atoms with Crippen molar-refractivity contribution in [1.29, 1.82) is 0 Å². The zero-order chi connectivity index (χ0) is 25.6. The van der Waals surface area contributed by atoms with Gasteiger partial charge in [0.05, 0.1) is 19.1 Å². The fraction of sp³-hybridized carbons (Fsp3) is 0.107. The van der Waals surface area contributed by atoms with Crippen molar-refractivity contribution >= 4 is 17.7 Å². The lowest BCUT2D eigenvalue weighted by molar-refractivity contribution is 0.0951. The lowest BCUT2D eigenvalue weighted by atomic mass is 10.1. The molecule has 0 bridgehead atoms. The zero-order valence-corrected chi connectivity index (χ0v) is 20.7. The van der Waals surface area contributed by atoms with Crippen molar-refractivity contribution in [3.63, 3.8) is 0 Å². The molecule has 1 N–H and O–H groups in total. The third-order valence-electron chi connectivity index (χ3n) is 5.63. The maximum Gasteiger partial charge on any atom is 0.251 e. The minimum absolute atomic E-state index is 0.197. The average molecular weight is 515 g/mol. The molecule has 5 aromatic rings. The van der Waals surface area contributed by atoms with Crippen LogP contribution in [0.1, 0.15) is 21.5 Å². The number of rotatable bonds is 9. The summed E-state index contributed by atoms with van der Waals surface area (Å²) in [7, 11) is 1.63. The predicted molar refractivity (Wildman–Crippen MR) is 139 cm³/mol. The first kappa shape index (κ1) is 24.3. The number of hydrogen-bond donors (Lipinski definition) is 1. The van der Waals surface area contributed by atoms with Crippen molar-refractivity contribution in [3.8, 4) is 23.0 Å². The number of nitrogens with zero attached hydrogens (tertiary/aromatic N) is 3. The van der Waals surface area contributed by atoms with E-state index in [2.05, 4.69) is 15.5 Å². The van der Waals surface area contributed by atoms with Crippen LogP contribution in [0.4, 0.5) is 4.39 Å². The lowest BCUT2D eigenvalue weighted by Gasteiger charge is -2.10. The summed E-state index contributed by atoms with van der Waals surface area (Å²) < 4.78 is 25.9. The summed E-state index contributed by atoms with van der Waals surface area (Å²) in [5, 5.41) is 12.3. The molecule has 0 aliphatic heterocycles. The number of amides is 1. The molecule has 0 aliphatic carbocycles. The van der Waals surface area contributed by atoms with E-state index in [1.807, 2.05) is 59.2 Å². The van der Waals surface area contributed by atoms with Gasteiger partial charge in [-0.05, 0) is 71.8 Å². The highest BCUT2D eigenvalue weighted by atomic mass is 32.2. The van der Waals surface area contributed by atoms with E-state index in [-0.39, 0.29) is 11.7 Å². The van der Waals surface area contributed by atoms with Crippen molar-refractivity contribution in [3.05, 3.63) is 114 Å². The van der Waals surface area contributed by atoms with Crippen LogP contribution >= 0.6 is 11.8 Å². The number of carbonyl (C=O) groups excluding carboxylic acids is 1. The first-order valence-corrected chi connectivity index (χ1v) is 12.5. The summed E-state index contributed by atoms with van der Waals surface area (Å²) in [4.78, 5) is 12.7. The molecular weight excluding hydrogens is 491 g/mol. The summed E-state index contributed by atoms with van der Waals surface area (Å²) in [6.07, 6.45) is 1.60. The number of halogens is 1. The van der Waals surface area contributed by atoms with Gasteiger partial charge < -0.3 is 14.5 Å². The molecule has 0 unspecified atom stereocenters. The molecule has 7 nitrogen and oxygen atoms in total. The first-order valence-electron chi connectivity index (χ1n) is 11.5. The lowest BCUT2D eigenvalue weighted by Crippen LogP contribution is -2.22. The highest BCUT2D eigenvalue weighted by Gasteiger charge is 2.18. The Labute approximate surface area is 217 Å². The van der Waals surface area contributed by atoms with Crippen LogP contribution in [0.5, 0.6) is 5.75 Å². The molecule has 0 saturated carbocycles. The maximum atomic E-state index is 13.1. The molecular formula is C28H23FN4O3S. The number of benzene rings is 3. The van der Waals surface area contributed by atoms with Crippen LogP contribution in [-0.2, 0) is 12.3 Å². The predicted octanol–water partition coefficient (Wildman–Crippen LogP) is 5.90. The Hall–Kier alpha value is -4.37. The van der Waals surface area contributed by atoms with Crippen molar-refractivity contribution in [2.45, 2.75) is 17.5 Å². The Balaban J connectivity index is 1.32. The van der Waals surface area contributed by atoms with Gasteiger partial charge in [-0.15, -0.1) is 10.2 Å². The van der Waals surface area contributed by atoms with Gasteiger partial charge in [-0.3, -0.25) is 9.36 Å². The van der Waals surface area contributed by atoms with Crippen LogP contribution in [-0.4, -0.2) is 27.8 Å². The second-order valence-electron chi connectivity index (χ2n) is 8.12. The molecule has 5 rings (SSSR count).